The zero-order valence-electron chi connectivity index (χ0n) is 19.3. The molecule has 4 rings (SSSR count). The van der Waals surface area contributed by atoms with Crippen LogP contribution in [0.1, 0.15) is 45.4 Å². The van der Waals surface area contributed by atoms with Gasteiger partial charge >= 0.3 is 6.18 Å². The third-order valence-corrected chi connectivity index (χ3v) is 9.95. The molecule has 8 nitrogen and oxygen atoms in total. The van der Waals surface area contributed by atoms with E-state index in [1.807, 2.05) is 6.92 Å². The molecule has 2 amide bonds. The Morgan fingerprint density at radius 1 is 1.23 bits per heavy atom. The maximum absolute atomic E-state index is 13.2. The summed E-state index contributed by atoms with van der Waals surface area (Å²) in [6, 6.07) is 2.63. The number of amides is 2. The quantitative estimate of drug-likeness (QED) is 0.598. The fourth-order valence-corrected chi connectivity index (χ4v) is 7.69. The number of nitrogens with one attached hydrogen (secondary N) is 1. The van der Waals surface area contributed by atoms with Gasteiger partial charge in [0.2, 0.25) is 21.8 Å². The number of rotatable bonds is 6. The predicted octanol–water partition coefficient (Wildman–Crippen LogP) is 3.58. The highest BCUT2D eigenvalue weighted by Crippen LogP contribution is 2.47. The zero-order chi connectivity index (χ0) is 25.4. The van der Waals surface area contributed by atoms with Crippen molar-refractivity contribution in [2.75, 3.05) is 30.8 Å². The minimum Gasteiger partial charge on any atom is -0.482 e. The maximum Gasteiger partial charge on any atom is 0.422 e. The molecule has 0 saturated carbocycles. The monoisotopic (exact) mass is 535 g/mol. The Kier molecular flexibility index (Phi) is 7.31. The Hall–Kier alpha value is -1.99. The SMILES string of the molecule is C[C@@]12CCC(=O)N1[C@@H](C(=O)Nc1cc(S(=O)(=O)N3CCCCCC3)ccc1OCC(F)(F)F)CS2. The molecule has 0 unspecified atom stereocenters. The van der Waals surface area contributed by atoms with Crippen LogP contribution >= 0.6 is 11.8 Å². The summed E-state index contributed by atoms with van der Waals surface area (Å²) in [7, 11) is -3.92. The Balaban J connectivity index is 1.62. The molecule has 3 aliphatic heterocycles. The van der Waals surface area contributed by atoms with E-state index in [-0.39, 0.29) is 22.2 Å². The van der Waals surface area contributed by atoms with Gasteiger partial charge in [-0.15, -0.1) is 11.8 Å². The van der Waals surface area contributed by atoms with Gasteiger partial charge in [0.1, 0.15) is 11.8 Å². The number of ether oxygens (including phenoxy) is 1. The molecule has 0 bridgehead atoms. The first-order valence-electron chi connectivity index (χ1n) is 11.5. The van der Waals surface area contributed by atoms with Crippen molar-refractivity contribution in [3.8, 4) is 5.75 Å². The van der Waals surface area contributed by atoms with Gasteiger partial charge in [-0.2, -0.15) is 17.5 Å². The summed E-state index contributed by atoms with van der Waals surface area (Å²) in [6.07, 6.45) is -0.421. The van der Waals surface area contributed by atoms with Crippen LogP contribution in [0.2, 0.25) is 0 Å². The molecule has 0 aromatic heterocycles. The van der Waals surface area contributed by atoms with E-state index in [1.54, 1.807) is 0 Å². The summed E-state index contributed by atoms with van der Waals surface area (Å²) < 4.78 is 71.1. The highest BCUT2D eigenvalue weighted by Gasteiger charge is 2.53. The summed E-state index contributed by atoms with van der Waals surface area (Å²) >= 11 is 1.47. The molecule has 35 heavy (non-hydrogen) atoms. The van der Waals surface area contributed by atoms with Gasteiger partial charge in [0.25, 0.3) is 0 Å². The number of carbonyl (C=O) groups is 2. The second-order valence-electron chi connectivity index (χ2n) is 9.13. The van der Waals surface area contributed by atoms with Gasteiger partial charge in [0.05, 0.1) is 15.5 Å². The average Bonchev–Trinajstić information content (AvgIpc) is 3.12. The number of sulfonamides is 1. The Morgan fingerprint density at radius 2 is 1.91 bits per heavy atom. The van der Waals surface area contributed by atoms with E-state index in [0.717, 1.165) is 37.8 Å². The molecule has 0 radical (unpaired) electrons. The van der Waals surface area contributed by atoms with Gasteiger partial charge in [-0.1, -0.05) is 12.8 Å². The minimum atomic E-state index is -4.62. The number of fused-ring (bicyclic) bond motifs is 1. The molecule has 1 N–H and O–H groups in total. The van der Waals surface area contributed by atoms with E-state index in [2.05, 4.69) is 5.32 Å². The van der Waals surface area contributed by atoms with E-state index < -0.39 is 39.6 Å². The fraction of sp³-hybridized carbons (Fsp3) is 0.636. The molecule has 0 aliphatic carbocycles. The van der Waals surface area contributed by atoms with Crippen LogP contribution in [0.15, 0.2) is 23.1 Å². The molecule has 1 aromatic carbocycles. The average molecular weight is 536 g/mol. The molecule has 13 heteroatoms. The number of benzene rings is 1. The number of nitrogens with zero attached hydrogens (tertiary/aromatic N) is 2. The van der Waals surface area contributed by atoms with Crippen molar-refractivity contribution in [1.82, 2.24) is 9.21 Å². The lowest BCUT2D eigenvalue weighted by Gasteiger charge is -2.30. The number of thioether (sulfide) groups is 1. The molecule has 194 valence electrons. The van der Waals surface area contributed by atoms with Gasteiger partial charge in [-0.25, -0.2) is 8.42 Å². The van der Waals surface area contributed by atoms with Crippen LogP contribution in [0.3, 0.4) is 0 Å². The van der Waals surface area contributed by atoms with Crippen LogP contribution < -0.4 is 10.1 Å². The van der Waals surface area contributed by atoms with Crippen LogP contribution in [-0.2, 0) is 19.6 Å². The maximum atomic E-state index is 13.2. The number of carbonyl (C=O) groups excluding carboxylic acids is 2. The number of hydrogen-bond donors (Lipinski definition) is 1. The van der Waals surface area contributed by atoms with Gasteiger partial charge in [0.15, 0.2) is 6.61 Å². The first-order chi connectivity index (χ1) is 16.4. The Labute approximate surface area is 206 Å². The molecule has 3 saturated heterocycles. The van der Waals surface area contributed by atoms with Crippen molar-refractivity contribution in [2.24, 2.45) is 0 Å². The molecule has 3 aliphatic rings. The standard InChI is InChI=1S/C22H28F3N3O5S2/c1-21-9-8-19(29)28(21)17(13-34-21)20(30)26-16-12-15(6-7-18(16)33-14-22(23,24)25)35(31,32)27-10-4-2-3-5-11-27/h6-7,12,17H,2-5,8-11,13-14H2,1H3,(H,26,30)/t17-,21-/m1/s1. The molecule has 3 fully saturated rings. The van der Waals surface area contributed by atoms with E-state index in [1.165, 1.54) is 27.0 Å². The second kappa shape index (κ2) is 9.81. The smallest absolute Gasteiger partial charge is 0.422 e. The first-order valence-corrected chi connectivity index (χ1v) is 13.9. The molecule has 0 spiro atoms. The third-order valence-electron chi connectivity index (χ3n) is 6.55. The van der Waals surface area contributed by atoms with E-state index in [0.29, 0.717) is 31.7 Å². The van der Waals surface area contributed by atoms with Crippen LogP contribution in [0.4, 0.5) is 18.9 Å². The lowest BCUT2D eigenvalue weighted by atomic mass is 10.2. The molecular formula is C22H28F3N3O5S2. The van der Waals surface area contributed by atoms with E-state index >= 15 is 0 Å². The Morgan fingerprint density at radius 3 is 2.57 bits per heavy atom. The molecule has 3 heterocycles. The highest BCUT2D eigenvalue weighted by molar-refractivity contribution is 8.01. The number of alkyl halides is 3. The topological polar surface area (TPSA) is 96.0 Å². The van der Waals surface area contributed by atoms with Crippen LogP contribution in [0.25, 0.3) is 0 Å². The van der Waals surface area contributed by atoms with Crippen LogP contribution in [0.5, 0.6) is 5.75 Å². The summed E-state index contributed by atoms with van der Waals surface area (Å²) in [5, 5.41) is 2.55. The molecule has 2 atom stereocenters. The minimum absolute atomic E-state index is 0.142. The van der Waals surface area contributed by atoms with E-state index in [4.69, 9.17) is 4.74 Å². The van der Waals surface area contributed by atoms with Crippen molar-refractivity contribution >= 4 is 39.3 Å². The van der Waals surface area contributed by atoms with Crippen molar-refractivity contribution in [2.45, 2.75) is 67.4 Å². The fourth-order valence-electron chi connectivity index (χ4n) is 4.71. The molecule has 1 aromatic rings. The van der Waals surface area contributed by atoms with Crippen LogP contribution in [0, 0.1) is 0 Å². The van der Waals surface area contributed by atoms with Crippen molar-refractivity contribution < 1.29 is 35.9 Å². The number of hydrogen-bond acceptors (Lipinski definition) is 6. The highest BCUT2D eigenvalue weighted by atomic mass is 32.2. The number of anilines is 1. The van der Waals surface area contributed by atoms with Gasteiger partial charge in [0, 0.05) is 25.3 Å². The lowest BCUT2D eigenvalue weighted by Crippen LogP contribution is -2.48. The van der Waals surface area contributed by atoms with Crippen molar-refractivity contribution in [3.05, 3.63) is 18.2 Å². The third kappa shape index (κ3) is 5.56. The second-order valence-corrected chi connectivity index (χ2v) is 12.6. The zero-order valence-corrected chi connectivity index (χ0v) is 20.9. The summed E-state index contributed by atoms with van der Waals surface area (Å²) in [5.74, 6) is -0.730. The lowest BCUT2D eigenvalue weighted by molar-refractivity contribution is -0.153. The predicted molar refractivity (Wildman–Crippen MR) is 125 cm³/mol. The summed E-state index contributed by atoms with van der Waals surface area (Å²) in [5.41, 5.74) is -0.180. The Bertz CT molecular complexity index is 1090. The normalized spacial score (nSPS) is 25.9. The van der Waals surface area contributed by atoms with Gasteiger partial charge < -0.3 is 15.0 Å². The van der Waals surface area contributed by atoms with Gasteiger partial charge in [-0.05, 0) is 44.4 Å². The largest absolute Gasteiger partial charge is 0.482 e. The summed E-state index contributed by atoms with van der Waals surface area (Å²) in [4.78, 5) is 26.4. The van der Waals surface area contributed by atoms with E-state index in [9.17, 15) is 31.2 Å². The van der Waals surface area contributed by atoms with Crippen LogP contribution in [-0.4, -0.2) is 72.0 Å². The first kappa shape index (κ1) is 26.1. The number of halogens is 3. The van der Waals surface area contributed by atoms with Crippen molar-refractivity contribution in [1.29, 1.82) is 0 Å². The van der Waals surface area contributed by atoms with Gasteiger partial charge in [-0.3, -0.25) is 9.59 Å². The molecular weight excluding hydrogens is 507 g/mol. The van der Waals surface area contributed by atoms with Crippen molar-refractivity contribution in [3.63, 3.8) is 0 Å². The summed E-state index contributed by atoms with van der Waals surface area (Å²) in [6.45, 7) is 0.981.